The van der Waals surface area contributed by atoms with Crippen molar-refractivity contribution in [3.05, 3.63) is 52.1 Å². The molecule has 0 aliphatic rings. The minimum absolute atomic E-state index is 0.113. The lowest BCUT2D eigenvalue weighted by molar-refractivity contribution is 0.0772. The first kappa shape index (κ1) is 16.5. The summed E-state index contributed by atoms with van der Waals surface area (Å²) in [5, 5.41) is 4.66. The van der Waals surface area contributed by atoms with Gasteiger partial charge in [-0.25, -0.2) is 9.07 Å². The summed E-state index contributed by atoms with van der Waals surface area (Å²) in [6.45, 7) is 7.25. The molecular weight excluding hydrogens is 305 g/mol. The van der Waals surface area contributed by atoms with Gasteiger partial charge in [-0.2, -0.15) is 5.10 Å². The summed E-state index contributed by atoms with van der Waals surface area (Å²) in [6.07, 6.45) is 0. The molecule has 1 aromatic carbocycles. The van der Waals surface area contributed by atoms with Crippen LogP contribution in [-0.2, 0) is 6.54 Å². The molecule has 2 rings (SSSR count). The molecule has 0 fully saturated rings. The Labute approximate surface area is 134 Å². The van der Waals surface area contributed by atoms with E-state index in [1.807, 2.05) is 13.8 Å². The highest BCUT2D eigenvalue weighted by Crippen LogP contribution is 2.22. The van der Waals surface area contributed by atoms with Crippen molar-refractivity contribution in [3.63, 3.8) is 0 Å². The van der Waals surface area contributed by atoms with E-state index in [1.165, 1.54) is 12.1 Å². The molecule has 0 N–H and O–H groups in total. The van der Waals surface area contributed by atoms with Gasteiger partial charge < -0.3 is 4.90 Å². The number of nitrogens with zero attached hydrogens (tertiary/aromatic N) is 3. The molecule has 4 nitrogen and oxygen atoms in total. The minimum Gasteiger partial charge on any atom is -0.339 e. The van der Waals surface area contributed by atoms with E-state index < -0.39 is 0 Å². The van der Waals surface area contributed by atoms with Crippen LogP contribution in [-0.4, -0.2) is 33.7 Å². The van der Waals surface area contributed by atoms with E-state index in [1.54, 1.807) is 28.6 Å². The largest absolute Gasteiger partial charge is 0.339 e. The van der Waals surface area contributed by atoms with Crippen LogP contribution in [0.2, 0.25) is 5.15 Å². The maximum absolute atomic E-state index is 12.9. The van der Waals surface area contributed by atoms with Crippen LogP contribution in [0.15, 0.2) is 24.3 Å². The normalized spacial score (nSPS) is 10.8. The minimum atomic E-state index is -0.288. The first-order valence-corrected chi connectivity index (χ1v) is 7.62. The molecule has 1 heterocycles. The summed E-state index contributed by atoms with van der Waals surface area (Å²) in [6, 6.07) is 6.13. The number of carbonyl (C=O) groups excluding carboxylic acids is 1. The highest BCUT2D eigenvalue weighted by molar-refractivity contribution is 6.33. The Bertz CT molecular complexity index is 663. The average Bonchev–Trinajstić information content (AvgIpc) is 2.77. The second-order valence-corrected chi connectivity index (χ2v) is 5.37. The zero-order chi connectivity index (χ0) is 16.3. The molecule has 0 unspecified atom stereocenters. The lowest BCUT2D eigenvalue weighted by atomic mass is 10.2. The van der Waals surface area contributed by atoms with Crippen molar-refractivity contribution in [3.8, 4) is 0 Å². The number of halogens is 2. The van der Waals surface area contributed by atoms with Crippen LogP contribution < -0.4 is 0 Å². The lowest BCUT2D eigenvalue weighted by Gasteiger charge is -2.18. The van der Waals surface area contributed by atoms with Crippen molar-refractivity contribution in [2.75, 3.05) is 13.1 Å². The molecule has 0 radical (unpaired) electrons. The van der Waals surface area contributed by atoms with Crippen LogP contribution in [0.4, 0.5) is 4.39 Å². The Morgan fingerprint density at radius 1 is 1.27 bits per heavy atom. The summed E-state index contributed by atoms with van der Waals surface area (Å²) in [7, 11) is 0. The number of carbonyl (C=O) groups is 1. The molecule has 0 aliphatic heterocycles. The molecular formula is C16H19ClFN3O. The van der Waals surface area contributed by atoms with Crippen molar-refractivity contribution in [1.82, 2.24) is 14.7 Å². The van der Waals surface area contributed by atoms with Gasteiger partial charge in [0.05, 0.1) is 17.8 Å². The van der Waals surface area contributed by atoms with Gasteiger partial charge in [0.25, 0.3) is 5.91 Å². The Balaban J connectivity index is 2.30. The fraction of sp³-hybridized carbons (Fsp3) is 0.375. The zero-order valence-corrected chi connectivity index (χ0v) is 13.7. The van der Waals surface area contributed by atoms with Gasteiger partial charge in [0, 0.05) is 13.1 Å². The van der Waals surface area contributed by atoms with Crippen LogP contribution in [0.1, 0.15) is 35.5 Å². The molecule has 118 valence electrons. The standard InChI is InChI=1S/C16H19ClFN3O/c1-4-20(5-2)16(22)14-11(3)19-21(15(14)17)10-12-6-8-13(18)9-7-12/h6-9H,4-5,10H2,1-3H3. The summed E-state index contributed by atoms with van der Waals surface area (Å²) in [5.41, 5.74) is 1.91. The highest BCUT2D eigenvalue weighted by atomic mass is 35.5. The first-order valence-electron chi connectivity index (χ1n) is 7.24. The number of aryl methyl sites for hydroxylation is 1. The summed E-state index contributed by atoms with van der Waals surface area (Å²) < 4.78 is 14.5. The predicted octanol–water partition coefficient (Wildman–Crippen LogP) is 3.51. The van der Waals surface area contributed by atoms with E-state index in [0.717, 1.165) is 5.56 Å². The van der Waals surface area contributed by atoms with Crippen LogP contribution in [0.3, 0.4) is 0 Å². The molecule has 0 spiro atoms. The van der Waals surface area contributed by atoms with Crippen molar-refractivity contribution in [2.24, 2.45) is 0 Å². The third kappa shape index (κ3) is 3.30. The molecule has 0 aliphatic carbocycles. The Hall–Kier alpha value is -1.88. The summed E-state index contributed by atoms with van der Waals surface area (Å²) in [5.74, 6) is -0.401. The predicted molar refractivity (Wildman–Crippen MR) is 84.7 cm³/mol. The third-order valence-corrected chi connectivity index (χ3v) is 3.96. The highest BCUT2D eigenvalue weighted by Gasteiger charge is 2.23. The Kier molecular flexibility index (Phi) is 5.19. The third-order valence-electron chi connectivity index (χ3n) is 3.58. The fourth-order valence-electron chi connectivity index (χ4n) is 2.33. The molecule has 0 saturated heterocycles. The van der Waals surface area contributed by atoms with E-state index in [2.05, 4.69) is 5.10 Å². The van der Waals surface area contributed by atoms with Gasteiger partial charge in [-0.15, -0.1) is 0 Å². The fourth-order valence-corrected chi connectivity index (χ4v) is 2.65. The number of hydrogen-bond donors (Lipinski definition) is 0. The molecule has 2 aromatic rings. The molecule has 6 heteroatoms. The van der Waals surface area contributed by atoms with E-state index in [9.17, 15) is 9.18 Å². The number of benzene rings is 1. The van der Waals surface area contributed by atoms with E-state index in [0.29, 0.717) is 36.0 Å². The van der Waals surface area contributed by atoms with Crippen molar-refractivity contribution in [2.45, 2.75) is 27.3 Å². The van der Waals surface area contributed by atoms with E-state index in [4.69, 9.17) is 11.6 Å². The van der Waals surface area contributed by atoms with E-state index >= 15 is 0 Å². The Morgan fingerprint density at radius 2 is 1.86 bits per heavy atom. The Morgan fingerprint density at radius 3 is 2.41 bits per heavy atom. The second-order valence-electron chi connectivity index (χ2n) is 5.01. The van der Waals surface area contributed by atoms with Crippen LogP contribution in [0.5, 0.6) is 0 Å². The van der Waals surface area contributed by atoms with Crippen LogP contribution in [0, 0.1) is 12.7 Å². The first-order chi connectivity index (χ1) is 10.5. The quantitative estimate of drug-likeness (QED) is 0.844. The SMILES string of the molecule is CCN(CC)C(=O)c1c(C)nn(Cc2ccc(F)cc2)c1Cl. The number of amides is 1. The van der Waals surface area contributed by atoms with Gasteiger partial charge in [-0.1, -0.05) is 23.7 Å². The monoisotopic (exact) mass is 323 g/mol. The maximum atomic E-state index is 12.9. The summed E-state index contributed by atoms with van der Waals surface area (Å²) >= 11 is 6.34. The number of aromatic nitrogens is 2. The topological polar surface area (TPSA) is 38.1 Å². The average molecular weight is 324 g/mol. The van der Waals surface area contributed by atoms with Gasteiger partial charge in [0.2, 0.25) is 0 Å². The van der Waals surface area contributed by atoms with E-state index in [-0.39, 0.29) is 11.7 Å². The number of hydrogen-bond acceptors (Lipinski definition) is 2. The zero-order valence-electron chi connectivity index (χ0n) is 12.9. The molecule has 1 aromatic heterocycles. The molecule has 0 bridgehead atoms. The molecule has 22 heavy (non-hydrogen) atoms. The van der Waals surface area contributed by atoms with Gasteiger partial charge in [-0.3, -0.25) is 4.79 Å². The number of rotatable bonds is 5. The van der Waals surface area contributed by atoms with Gasteiger partial charge in [-0.05, 0) is 38.5 Å². The molecule has 0 saturated carbocycles. The summed E-state index contributed by atoms with van der Waals surface area (Å²) in [4.78, 5) is 14.2. The maximum Gasteiger partial charge on any atom is 0.258 e. The smallest absolute Gasteiger partial charge is 0.258 e. The van der Waals surface area contributed by atoms with Crippen molar-refractivity contribution in [1.29, 1.82) is 0 Å². The molecule has 1 amide bonds. The van der Waals surface area contributed by atoms with Crippen LogP contribution in [0.25, 0.3) is 0 Å². The second kappa shape index (κ2) is 6.92. The van der Waals surface area contributed by atoms with Crippen LogP contribution >= 0.6 is 11.6 Å². The van der Waals surface area contributed by atoms with Gasteiger partial charge >= 0.3 is 0 Å². The van der Waals surface area contributed by atoms with Gasteiger partial charge in [0.15, 0.2) is 0 Å². The van der Waals surface area contributed by atoms with Gasteiger partial charge in [0.1, 0.15) is 11.0 Å². The molecule has 0 atom stereocenters. The van der Waals surface area contributed by atoms with Crippen molar-refractivity contribution >= 4 is 17.5 Å². The lowest BCUT2D eigenvalue weighted by Crippen LogP contribution is -2.30. The van der Waals surface area contributed by atoms with Crippen molar-refractivity contribution < 1.29 is 9.18 Å².